The van der Waals surface area contributed by atoms with E-state index in [1.165, 1.54) is 24.5 Å². The number of anilines is 2. The molecule has 0 unspecified atom stereocenters. The van der Waals surface area contributed by atoms with Gasteiger partial charge in [0.1, 0.15) is 0 Å². The van der Waals surface area contributed by atoms with E-state index in [2.05, 4.69) is 15.3 Å². The quantitative estimate of drug-likeness (QED) is 0.850. The summed E-state index contributed by atoms with van der Waals surface area (Å²) in [6, 6.07) is 4.74. The van der Waals surface area contributed by atoms with Crippen molar-refractivity contribution >= 4 is 17.5 Å². The molecule has 0 aliphatic rings. The molecule has 0 fully saturated rings. The van der Waals surface area contributed by atoms with E-state index in [0.29, 0.717) is 12.1 Å². The molecule has 1 aromatic carbocycles. The SMILES string of the molecule is CCCCN(C)C(=O)c1cnc(Nc2cccc(C(F)(F)F)c2)nc1. The molecule has 8 heteroatoms. The molecule has 25 heavy (non-hydrogen) atoms. The summed E-state index contributed by atoms with van der Waals surface area (Å²) in [6.07, 6.45) is 0.172. The average molecular weight is 352 g/mol. The van der Waals surface area contributed by atoms with E-state index >= 15 is 0 Å². The predicted octanol–water partition coefficient (Wildman–Crippen LogP) is 4.11. The van der Waals surface area contributed by atoms with Crippen LogP contribution in [0.1, 0.15) is 35.7 Å². The number of aromatic nitrogens is 2. The maximum Gasteiger partial charge on any atom is 0.416 e. The molecule has 5 nitrogen and oxygen atoms in total. The Morgan fingerprint density at radius 3 is 2.52 bits per heavy atom. The standard InChI is InChI=1S/C17H19F3N4O/c1-3-4-8-24(2)15(25)12-10-21-16(22-11-12)23-14-7-5-6-13(9-14)17(18,19)20/h5-7,9-11H,3-4,8H2,1-2H3,(H,21,22,23). The van der Waals surface area contributed by atoms with Crippen molar-refractivity contribution in [2.75, 3.05) is 18.9 Å². The molecular formula is C17H19F3N4O. The van der Waals surface area contributed by atoms with Gasteiger partial charge in [-0.2, -0.15) is 13.2 Å². The van der Waals surface area contributed by atoms with Crippen LogP contribution in [0.5, 0.6) is 0 Å². The molecule has 134 valence electrons. The fourth-order valence-corrected chi connectivity index (χ4v) is 2.12. The number of rotatable bonds is 6. The van der Waals surface area contributed by atoms with Crippen molar-refractivity contribution < 1.29 is 18.0 Å². The van der Waals surface area contributed by atoms with Crippen molar-refractivity contribution in [2.24, 2.45) is 0 Å². The predicted molar refractivity (Wildman–Crippen MR) is 88.6 cm³/mol. The monoisotopic (exact) mass is 352 g/mol. The van der Waals surface area contributed by atoms with Gasteiger partial charge in [0.2, 0.25) is 5.95 Å². The fraction of sp³-hybridized carbons (Fsp3) is 0.353. The van der Waals surface area contributed by atoms with Gasteiger partial charge in [-0.1, -0.05) is 19.4 Å². The van der Waals surface area contributed by atoms with Crippen LogP contribution in [-0.4, -0.2) is 34.4 Å². The molecule has 0 aliphatic carbocycles. The zero-order valence-electron chi connectivity index (χ0n) is 14.0. The first-order chi connectivity index (χ1) is 11.8. The maximum atomic E-state index is 12.7. The van der Waals surface area contributed by atoms with Crippen molar-refractivity contribution in [1.82, 2.24) is 14.9 Å². The van der Waals surface area contributed by atoms with Crippen molar-refractivity contribution in [3.05, 3.63) is 47.8 Å². The van der Waals surface area contributed by atoms with Crippen LogP contribution in [-0.2, 0) is 6.18 Å². The molecule has 2 rings (SSSR count). The van der Waals surface area contributed by atoms with Crippen LogP contribution in [0.15, 0.2) is 36.7 Å². The third kappa shape index (κ3) is 5.17. The number of alkyl halides is 3. The number of hydrogen-bond donors (Lipinski definition) is 1. The van der Waals surface area contributed by atoms with Gasteiger partial charge in [0.15, 0.2) is 0 Å². The molecule has 0 aliphatic heterocycles. The van der Waals surface area contributed by atoms with Crippen LogP contribution >= 0.6 is 0 Å². The van der Waals surface area contributed by atoms with Gasteiger partial charge in [-0.05, 0) is 24.6 Å². The number of amides is 1. The van der Waals surface area contributed by atoms with Crippen molar-refractivity contribution in [2.45, 2.75) is 25.9 Å². The fourth-order valence-electron chi connectivity index (χ4n) is 2.12. The van der Waals surface area contributed by atoms with Gasteiger partial charge in [0.05, 0.1) is 11.1 Å². The molecule has 0 saturated heterocycles. The second-order valence-corrected chi connectivity index (χ2v) is 5.58. The van der Waals surface area contributed by atoms with Gasteiger partial charge in [-0.25, -0.2) is 9.97 Å². The largest absolute Gasteiger partial charge is 0.416 e. The van der Waals surface area contributed by atoms with Crippen LogP contribution in [0.3, 0.4) is 0 Å². The Kier molecular flexibility index (Phi) is 5.95. The third-order valence-electron chi connectivity index (χ3n) is 3.54. The summed E-state index contributed by atoms with van der Waals surface area (Å²) in [5.74, 6) is -0.0776. The van der Waals surface area contributed by atoms with Crippen molar-refractivity contribution in [3.8, 4) is 0 Å². The lowest BCUT2D eigenvalue weighted by molar-refractivity contribution is -0.137. The smallest absolute Gasteiger partial charge is 0.342 e. The third-order valence-corrected chi connectivity index (χ3v) is 3.54. The van der Waals surface area contributed by atoms with Gasteiger partial charge < -0.3 is 10.2 Å². The van der Waals surface area contributed by atoms with Gasteiger partial charge in [-0.15, -0.1) is 0 Å². The highest BCUT2D eigenvalue weighted by Gasteiger charge is 2.30. The molecular weight excluding hydrogens is 333 g/mol. The molecule has 0 radical (unpaired) electrons. The number of nitrogens with one attached hydrogen (secondary N) is 1. The second-order valence-electron chi connectivity index (χ2n) is 5.58. The van der Waals surface area contributed by atoms with Crippen LogP contribution in [0.2, 0.25) is 0 Å². The minimum atomic E-state index is -4.42. The Morgan fingerprint density at radius 1 is 1.24 bits per heavy atom. The average Bonchev–Trinajstić information content (AvgIpc) is 2.59. The van der Waals surface area contributed by atoms with Crippen LogP contribution in [0, 0.1) is 0 Å². The number of hydrogen-bond acceptors (Lipinski definition) is 4. The van der Waals surface area contributed by atoms with Gasteiger partial charge in [-0.3, -0.25) is 4.79 Å². The lowest BCUT2D eigenvalue weighted by Crippen LogP contribution is -2.27. The number of unbranched alkanes of at least 4 members (excludes halogenated alkanes) is 1. The lowest BCUT2D eigenvalue weighted by Gasteiger charge is -2.16. The van der Waals surface area contributed by atoms with Gasteiger partial charge in [0, 0.05) is 31.7 Å². The second kappa shape index (κ2) is 7.96. The van der Waals surface area contributed by atoms with E-state index in [-0.39, 0.29) is 17.5 Å². The highest BCUT2D eigenvalue weighted by atomic mass is 19.4. The summed E-state index contributed by atoms with van der Waals surface area (Å²) < 4.78 is 38.1. The number of carbonyl (C=O) groups excluding carboxylic acids is 1. The highest BCUT2D eigenvalue weighted by Crippen LogP contribution is 2.31. The summed E-state index contributed by atoms with van der Waals surface area (Å²) in [5.41, 5.74) is -0.219. The summed E-state index contributed by atoms with van der Waals surface area (Å²) in [4.78, 5) is 21.8. The van der Waals surface area contributed by atoms with Crippen molar-refractivity contribution in [1.29, 1.82) is 0 Å². The van der Waals surface area contributed by atoms with Crippen LogP contribution < -0.4 is 5.32 Å². The lowest BCUT2D eigenvalue weighted by atomic mass is 10.2. The number of halogens is 3. The maximum absolute atomic E-state index is 12.7. The van der Waals surface area contributed by atoms with Crippen LogP contribution in [0.4, 0.5) is 24.8 Å². The van der Waals surface area contributed by atoms with E-state index in [0.717, 1.165) is 25.0 Å². The first kappa shape index (κ1) is 18.7. The van der Waals surface area contributed by atoms with Gasteiger partial charge >= 0.3 is 6.18 Å². The Morgan fingerprint density at radius 2 is 1.92 bits per heavy atom. The summed E-state index contributed by atoms with van der Waals surface area (Å²) in [7, 11) is 1.70. The van der Waals surface area contributed by atoms with E-state index in [9.17, 15) is 18.0 Å². The molecule has 0 spiro atoms. The van der Waals surface area contributed by atoms with Gasteiger partial charge in [0.25, 0.3) is 5.91 Å². The van der Waals surface area contributed by atoms with Crippen LogP contribution in [0.25, 0.3) is 0 Å². The molecule has 0 atom stereocenters. The Bertz CT molecular complexity index is 717. The number of nitrogens with zero attached hydrogens (tertiary/aromatic N) is 3. The summed E-state index contributed by atoms with van der Waals surface area (Å²) in [5, 5.41) is 2.70. The van der Waals surface area contributed by atoms with E-state index in [1.807, 2.05) is 6.92 Å². The first-order valence-electron chi connectivity index (χ1n) is 7.83. The number of carbonyl (C=O) groups is 1. The zero-order valence-corrected chi connectivity index (χ0v) is 14.0. The zero-order chi connectivity index (χ0) is 18.4. The molecule has 0 saturated carbocycles. The normalized spacial score (nSPS) is 11.2. The minimum absolute atomic E-state index is 0.118. The minimum Gasteiger partial charge on any atom is -0.342 e. The number of benzene rings is 1. The molecule has 1 heterocycles. The molecule has 1 aromatic heterocycles. The van der Waals surface area contributed by atoms with E-state index in [1.54, 1.807) is 11.9 Å². The van der Waals surface area contributed by atoms with E-state index in [4.69, 9.17) is 0 Å². The summed E-state index contributed by atoms with van der Waals surface area (Å²) >= 11 is 0. The Hall–Kier alpha value is -2.64. The Balaban J connectivity index is 2.07. The summed E-state index contributed by atoms with van der Waals surface area (Å²) in [6.45, 7) is 2.68. The van der Waals surface area contributed by atoms with E-state index < -0.39 is 11.7 Å². The topological polar surface area (TPSA) is 58.1 Å². The molecule has 2 aromatic rings. The highest BCUT2D eigenvalue weighted by molar-refractivity contribution is 5.93. The first-order valence-corrected chi connectivity index (χ1v) is 7.83. The Labute approximate surface area is 143 Å². The van der Waals surface area contributed by atoms with Crippen molar-refractivity contribution in [3.63, 3.8) is 0 Å². The molecule has 0 bridgehead atoms. The molecule has 1 N–H and O–H groups in total. The molecule has 1 amide bonds.